The van der Waals surface area contributed by atoms with E-state index in [1.807, 2.05) is 0 Å². The average molecular weight is 232 g/mol. The Labute approximate surface area is 79.0 Å². The van der Waals surface area contributed by atoms with Gasteiger partial charge in [-0.15, -0.1) is 0 Å². The number of nitrogens with zero attached hydrogens (tertiary/aromatic N) is 2. The van der Waals surface area contributed by atoms with Gasteiger partial charge in [-0.3, -0.25) is 0 Å². The molecule has 0 spiro atoms. The van der Waals surface area contributed by atoms with Crippen LogP contribution in [0.15, 0.2) is 10.8 Å². The molecule has 1 atom stereocenters. The van der Waals surface area contributed by atoms with Gasteiger partial charge >= 0.3 is 0 Å². The smallest absolute Gasteiger partial charge is 0.156 e. The lowest BCUT2D eigenvalue weighted by atomic mass is 10.2. The first kappa shape index (κ1) is 9.41. The van der Waals surface area contributed by atoms with E-state index in [-0.39, 0.29) is 0 Å². The zero-order valence-electron chi connectivity index (χ0n) is 6.66. The van der Waals surface area contributed by atoms with Crippen molar-refractivity contribution < 1.29 is 5.11 Å². The number of nitrogens with two attached hydrogens (primary N) is 1. The highest BCUT2D eigenvalue weighted by Gasteiger charge is 2.03. The van der Waals surface area contributed by atoms with Gasteiger partial charge in [-0.1, -0.05) is 0 Å². The predicted molar refractivity (Wildman–Crippen MR) is 49.5 cm³/mol. The molecule has 1 rings (SSSR count). The van der Waals surface area contributed by atoms with E-state index in [0.717, 1.165) is 5.69 Å². The summed E-state index contributed by atoms with van der Waals surface area (Å²) < 4.78 is 0.528. The maximum atomic E-state index is 9.05. The van der Waals surface area contributed by atoms with Crippen LogP contribution in [0.1, 0.15) is 12.6 Å². The second kappa shape index (κ2) is 3.82. The normalized spacial score (nSPS) is 12.9. The first-order chi connectivity index (χ1) is 5.59. The molecule has 66 valence electrons. The first-order valence-electron chi connectivity index (χ1n) is 3.54. The highest BCUT2D eigenvalue weighted by molar-refractivity contribution is 9.10. The molecule has 0 aliphatic heterocycles. The Morgan fingerprint density at radius 1 is 1.75 bits per heavy atom. The Kier molecular flexibility index (Phi) is 2.99. The zero-order chi connectivity index (χ0) is 9.14. The van der Waals surface area contributed by atoms with E-state index < -0.39 is 6.10 Å². The maximum Gasteiger partial charge on any atom is 0.156 e. The van der Waals surface area contributed by atoms with E-state index in [1.54, 1.807) is 13.1 Å². The molecule has 0 saturated heterocycles. The fourth-order valence-electron chi connectivity index (χ4n) is 0.811. The van der Waals surface area contributed by atoms with Crippen LogP contribution in [0.3, 0.4) is 0 Å². The number of anilines is 1. The van der Waals surface area contributed by atoms with E-state index in [4.69, 9.17) is 10.8 Å². The van der Waals surface area contributed by atoms with Gasteiger partial charge < -0.3 is 10.8 Å². The number of hydrogen-bond acceptors (Lipinski definition) is 4. The molecule has 12 heavy (non-hydrogen) atoms. The molecule has 1 heterocycles. The summed E-state index contributed by atoms with van der Waals surface area (Å²) in [5.41, 5.74) is 6.16. The van der Waals surface area contributed by atoms with E-state index in [2.05, 4.69) is 25.9 Å². The van der Waals surface area contributed by atoms with Crippen molar-refractivity contribution >= 4 is 21.7 Å². The quantitative estimate of drug-likeness (QED) is 0.788. The Morgan fingerprint density at radius 2 is 2.42 bits per heavy atom. The third-order valence-electron chi connectivity index (χ3n) is 1.31. The molecule has 0 saturated carbocycles. The zero-order valence-corrected chi connectivity index (χ0v) is 8.24. The van der Waals surface area contributed by atoms with Crippen molar-refractivity contribution in [3.63, 3.8) is 0 Å². The molecule has 0 aliphatic rings. The largest absolute Gasteiger partial charge is 0.393 e. The Bertz CT molecular complexity index is 277. The van der Waals surface area contributed by atoms with Gasteiger partial charge in [0.15, 0.2) is 5.82 Å². The fourth-order valence-corrected chi connectivity index (χ4v) is 1.14. The molecule has 0 bridgehead atoms. The number of hydrogen-bond donors (Lipinski definition) is 2. The standard InChI is InChI=1S/C7H10BrN3O/c1-4(12)2-5-3-10-7(9)6(8)11-5/h3-4,12H,2H2,1H3,(H2,9,10). The van der Waals surface area contributed by atoms with Crippen molar-refractivity contribution in [3.05, 3.63) is 16.5 Å². The molecule has 4 nitrogen and oxygen atoms in total. The minimum Gasteiger partial charge on any atom is -0.393 e. The summed E-state index contributed by atoms with van der Waals surface area (Å²) in [5.74, 6) is 0.365. The van der Waals surface area contributed by atoms with Crippen LogP contribution in [0.5, 0.6) is 0 Å². The van der Waals surface area contributed by atoms with Gasteiger partial charge in [0.2, 0.25) is 0 Å². The van der Waals surface area contributed by atoms with E-state index in [1.165, 1.54) is 0 Å². The summed E-state index contributed by atoms with van der Waals surface area (Å²) in [5, 5.41) is 9.05. The van der Waals surface area contributed by atoms with Crippen LogP contribution in [0.2, 0.25) is 0 Å². The highest BCUT2D eigenvalue weighted by Crippen LogP contribution is 2.13. The summed E-state index contributed by atoms with van der Waals surface area (Å²) in [6, 6.07) is 0. The van der Waals surface area contributed by atoms with Crippen LogP contribution in [0, 0.1) is 0 Å². The van der Waals surface area contributed by atoms with E-state index in [0.29, 0.717) is 16.8 Å². The molecule has 1 unspecified atom stereocenters. The van der Waals surface area contributed by atoms with Gasteiger partial charge in [0, 0.05) is 6.42 Å². The molecule has 3 N–H and O–H groups in total. The van der Waals surface area contributed by atoms with Gasteiger partial charge in [0.1, 0.15) is 4.60 Å². The molecular weight excluding hydrogens is 222 g/mol. The van der Waals surface area contributed by atoms with Crippen LogP contribution < -0.4 is 5.73 Å². The molecule has 0 aromatic carbocycles. The first-order valence-corrected chi connectivity index (χ1v) is 4.34. The topological polar surface area (TPSA) is 72.0 Å². The molecule has 1 aromatic rings. The lowest BCUT2D eigenvalue weighted by Gasteiger charge is -2.03. The monoisotopic (exact) mass is 231 g/mol. The second-order valence-electron chi connectivity index (χ2n) is 2.59. The van der Waals surface area contributed by atoms with E-state index >= 15 is 0 Å². The van der Waals surface area contributed by atoms with Crippen molar-refractivity contribution in [3.8, 4) is 0 Å². The SMILES string of the molecule is CC(O)Cc1cnc(N)c(Br)n1. The Balaban J connectivity index is 2.82. The highest BCUT2D eigenvalue weighted by atomic mass is 79.9. The molecule has 5 heteroatoms. The number of aliphatic hydroxyl groups excluding tert-OH is 1. The third-order valence-corrected chi connectivity index (χ3v) is 1.89. The number of aromatic nitrogens is 2. The van der Waals surface area contributed by atoms with Crippen LogP contribution in [-0.4, -0.2) is 21.2 Å². The molecule has 0 fully saturated rings. The molecule has 0 radical (unpaired) electrons. The Hall–Kier alpha value is -0.680. The summed E-state index contributed by atoms with van der Waals surface area (Å²) in [7, 11) is 0. The molecule has 0 amide bonds. The van der Waals surface area contributed by atoms with Gasteiger partial charge in [-0.2, -0.15) is 0 Å². The Morgan fingerprint density at radius 3 is 2.92 bits per heavy atom. The molecule has 0 aliphatic carbocycles. The summed E-state index contributed by atoms with van der Waals surface area (Å²) in [6.45, 7) is 1.70. The van der Waals surface area contributed by atoms with Crippen molar-refractivity contribution in [2.45, 2.75) is 19.4 Å². The fraction of sp³-hybridized carbons (Fsp3) is 0.429. The van der Waals surface area contributed by atoms with E-state index in [9.17, 15) is 0 Å². The molecule has 1 aromatic heterocycles. The predicted octanol–water partition coefficient (Wildman–Crippen LogP) is 0.745. The lowest BCUT2D eigenvalue weighted by Crippen LogP contribution is -2.07. The average Bonchev–Trinajstić information content (AvgIpc) is 1.96. The van der Waals surface area contributed by atoms with Gasteiger partial charge in [-0.25, -0.2) is 9.97 Å². The van der Waals surface area contributed by atoms with Crippen LogP contribution in [0.4, 0.5) is 5.82 Å². The van der Waals surface area contributed by atoms with Crippen molar-refractivity contribution in [2.24, 2.45) is 0 Å². The molecular formula is C7H10BrN3O. The number of halogens is 1. The third kappa shape index (κ3) is 2.42. The van der Waals surface area contributed by atoms with Crippen molar-refractivity contribution in [1.29, 1.82) is 0 Å². The number of aliphatic hydroxyl groups is 1. The van der Waals surface area contributed by atoms with Gasteiger partial charge in [-0.05, 0) is 22.9 Å². The maximum absolute atomic E-state index is 9.05. The number of rotatable bonds is 2. The van der Waals surface area contributed by atoms with Crippen molar-refractivity contribution in [2.75, 3.05) is 5.73 Å². The lowest BCUT2D eigenvalue weighted by molar-refractivity contribution is 0.194. The summed E-state index contributed by atoms with van der Waals surface area (Å²) in [4.78, 5) is 7.97. The van der Waals surface area contributed by atoms with Crippen molar-refractivity contribution in [1.82, 2.24) is 9.97 Å². The minimum atomic E-state index is -0.408. The van der Waals surface area contributed by atoms with Gasteiger partial charge in [0.25, 0.3) is 0 Å². The van der Waals surface area contributed by atoms with Crippen LogP contribution in [0.25, 0.3) is 0 Å². The summed E-state index contributed by atoms with van der Waals surface area (Å²) in [6.07, 6.45) is 1.65. The van der Waals surface area contributed by atoms with Crippen LogP contribution >= 0.6 is 15.9 Å². The van der Waals surface area contributed by atoms with Gasteiger partial charge in [0.05, 0.1) is 18.0 Å². The van der Waals surface area contributed by atoms with Crippen LogP contribution in [-0.2, 0) is 6.42 Å². The number of nitrogen functional groups attached to an aromatic ring is 1. The minimum absolute atomic E-state index is 0.365. The summed E-state index contributed by atoms with van der Waals surface area (Å²) >= 11 is 3.16. The second-order valence-corrected chi connectivity index (χ2v) is 3.34.